The molecule has 1 rings (SSSR count). The topological polar surface area (TPSA) is 61.9 Å². The predicted molar refractivity (Wildman–Crippen MR) is 76.8 cm³/mol. The molecule has 0 saturated carbocycles. The fourth-order valence-corrected chi connectivity index (χ4v) is 3.91. The molecule has 0 aromatic heterocycles. The van der Waals surface area contributed by atoms with Crippen molar-refractivity contribution in [3.05, 3.63) is 0 Å². The van der Waals surface area contributed by atoms with E-state index in [-0.39, 0.29) is 11.8 Å². The van der Waals surface area contributed by atoms with Crippen LogP contribution in [0, 0.1) is 0 Å². The summed E-state index contributed by atoms with van der Waals surface area (Å²) in [7, 11) is -1.61. The number of ether oxygens (including phenoxy) is 1. The van der Waals surface area contributed by atoms with Gasteiger partial charge in [-0.1, -0.05) is 0 Å². The van der Waals surface area contributed by atoms with E-state index in [1.54, 1.807) is 11.4 Å². The van der Waals surface area contributed by atoms with Gasteiger partial charge in [0.15, 0.2) is 0 Å². The second-order valence-corrected chi connectivity index (χ2v) is 7.15. The number of rotatable bonds is 8. The molecule has 0 unspecified atom stereocenters. The molecule has 1 saturated heterocycles. The van der Waals surface area contributed by atoms with Crippen molar-refractivity contribution in [1.29, 1.82) is 0 Å². The molecule has 1 fully saturated rings. The number of sulfonamides is 1. The van der Waals surface area contributed by atoms with Gasteiger partial charge in [0.25, 0.3) is 0 Å². The first-order valence-electron chi connectivity index (χ1n) is 6.89. The average Bonchev–Trinajstić information content (AvgIpc) is 2.37. The quantitative estimate of drug-likeness (QED) is 0.658. The van der Waals surface area contributed by atoms with Gasteiger partial charge in [-0.3, -0.25) is 4.90 Å². The van der Waals surface area contributed by atoms with Gasteiger partial charge >= 0.3 is 0 Å². The average molecular weight is 293 g/mol. The van der Waals surface area contributed by atoms with Crippen LogP contribution >= 0.6 is 0 Å². The Morgan fingerprint density at radius 1 is 1.32 bits per heavy atom. The molecule has 0 bridgehead atoms. The van der Waals surface area contributed by atoms with Gasteiger partial charge in [0, 0.05) is 52.4 Å². The van der Waals surface area contributed by atoms with Crippen molar-refractivity contribution < 1.29 is 13.2 Å². The van der Waals surface area contributed by atoms with Gasteiger partial charge in [0.05, 0.1) is 12.4 Å². The van der Waals surface area contributed by atoms with Gasteiger partial charge in [-0.25, -0.2) is 8.42 Å². The number of nitrogens with zero attached hydrogens (tertiary/aromatic N) is 2. The number of hydrogen-bond donors (Lipinski definition) is 1. The highest BCUT2D eigenvalue weighted by Crippen LogP contribution is 2.08. The second kappa shape index (κ2) is 8.16. The number of hydrogen-bond acceptors (Lipinski definition) is 5. The summed E-state index contributed by atoms with van der Waals surface area (Å²) in [5, 5.41) is 3.26. The molecule has 1 N–H and O–H groups in total. The van der Waals surface area contributed by atoms with Crippen molar-refractivity contribution in [2.75, 3.05) is 58.7 Å². The van der Waals surface area contributed by atoms with Crippen molar-refractivity contribution in [1.82, 2.24) is 14.5 Å². The van der Waals surface area contributed by atoms with Gasteiger partial charge in [0.2, 0.25) is 10.0 Å². The molecule has 1 aliphatic rings. The molecule has 114 valence electrons. The molecule has 0 spiro atoms. The Balaban J connectivity index is 2.50. The van der Waals surface area contributed by atoms with E-state index in [1.807, 2.05) is 13.8 Å². The lowest BCUT2D eigenvalue weighted by Gasteiger charge is -2.30. The lowest BCUT2D eigenvalue weighted by atomic mass is 10.4. The third-order valence-corrected chi connectivity index (χ3v) is 5.34. The first-order valence-corrected chi connectivity index (χ1v) is 8.50. The van der Waals surface area contributed by atoms with Gasteiger partial charge < -0.3 is 10.1 Å². The Morgan fingerprint density at radius 2 is 1.95 bits per heavy atom. The minimum atomic E-state index is -3.20. The Kier molecular flexibility index (Phi) is 7.23. The summed E-state index contributed by atoms with van der Waals surface area (Å²) in [5.74, 6) is 0.189. The van der Waals surface area contributed by atoms with E-state index >= 15 is 0 Å². The highest BCUT2D eigenvalue weighted by Gasteiger charge is 2.25. The van der Waals surface area contributed by atoms with E-state index in [9.17, 15) is 8.42 Å². The molecule has 1 heterocycles. The third kappa shape index (κ3) is 5.74. The summed E-state index contributed by atoms with van der Waals surface area (Å²) in [4.78, 5) is 2.20. The molecule has 0 amide bonds. The van der Waals surface area contributed by atoms with Crippen LogP contribution in [0.2, 0.25) is 0 Å². The van der Waals surface area contributed by atoms with Crippen LogP contribution in [-0.2, 0) is 14.8 Å². The number of piperazine rings is 1. The molecule has 6 nitrogen and oxygen atoms in total. The zero-order chi connectivity index (χ0) is 14.3. The Hall–Kier alpha value is -0.210. The van der Waals surface area contributed by atoms with E-state index in [0.29, 0.717) is 19.7 Å². The fourth-order valence-electron chi connectivity index (χ4n) is 2.20. The molecule has 1 aliphatic heterocycles. The highest BCUT2D eigenvalue weighted by molar-refractivity contribution is 7.89. The highest BCUT2D eigenvalue weighted by atomic mass is 32.2. The van der Waals surface area contributed by atoms with Gasteiger partial charge in [-0.05, 0) is 13.8 Å². The molecule has 7 heteroatoms. The summed E-state index contributed by atoms with van der Waals surface area (Å²) in [5.41, 5.74) is 0. The van der Waals surface area contributed by atoms with Crippen LogP contribution in [0.1, 0.15) is 13.8 Å². The third-order valence-electron chi connectivity index (χ3n) is 3.32. The Morgan fingerprint density at radius 3 is 2.47 bits per heavy atom. The van der Waals surface area contributed by atoms with Crippen molar-refractivity contribution in [3.8, 4) is 0 Å². The van der Waals surface area contributed by atoms with E-state index in [2.05, 4.69) is 10.2 Å². The first kappa shape index (κ1) is 16.8. The van der Waals surface area contributed by atoms with Crippen LogP contribution in [0.3, 0.4) is 0 Å². The Bertz CT molecular complexity index is 340. The maximum absolute atomic E-state index is 12.3. The van der Waals surface area contributed by atoms with Crippen LogP contribution in [0.4, 0.5) is 0 Å². The lowest BCUT2D eigenvalue weighted by molar-refractivity contribution is 0.170. The first-order chi connectivity index (χ1) is 8.97. The molecule has 0 aliphatic carbocycles. The van der Waals surface area contributed by atoms with Crippen molar-refractivity contribution in [2.24, 2.45) is 0 Å². The van der Waals surface area contributed by atoms with E-state index in [0.717, 1.165) is 26.2 Å². The van der Waals surface area contributed by atoms with Gasteiger partial charge in [0.1, 0.15) is 0 Å². The van der Waals surface area contributed by atoms with Crippen molar-refractivity contribution in [2.45, 2.75) is 19.9 Å². The molecule has 0 aromatic carbocycles. The molecule has 0 radical (unpaired) electrons. The maximum Gasteiger partial charge on any atom is 0.215 e. The van der Waals surface area contributed by atoms with Crippen LogP contribution in [0.15, 0.2) is 0 Å². The molecular weight excluding hydrogens is 266 g/mol. The van der Waals surface area contributed by atoms with Crippen LogP contribution in [0.25, 0.3) is 0 Å². The smallest absolute Gasteiger partial charge is 0.215 e. The normalized spacial score (nSPS) is 18.4. The number of methoxy groups -OCH3 is 1. The van der Waals surface area contributed by atoms with E-state index in [4.69, 9.17) is 4.74 Å². The van der Waals surface area contributed by atoms with Gasteiger partial charge in [-0.15, -0.1) is 0 Å². The minimum absolute atomic E-state index is 0.0248. The van der Waals surface area contributed by atoms with E-state index < -0.39 is 10.0 Å². The monoisotopic (exact) mass is 293 g/mol. The van der Waals surface area contributed by atoms with Crippen LogP contribution in [0.5, 0.6) is 0 Å². The van der Waals surface area contributed by atoms with E-state index in [1.165, 1.54) is 0 Å². The molecular formula is C12H27N3O3S. The molecule has 0 atom stereocenters. The number of nitrogens with one attached hydrogen (secondary N) is 1. The van der Waals surface area contributed by atoms with Crippen molar-refractivity contribution >= 4 is 10.0 Å². The molecule has 0 aromatic rings. The van der Waals surface area contributed by atoms with Crippen LogP contribution < -0.4 is 5.32 Å². The predicted octanol–water partition coefficient (Wildman–Crippen LogP) is -0.422. The SMILES string of the molecule is COCCN(C(C)C)S(=O)(=O)CCN1CCNCC1. The largest absolute Gasteiger partial charge is 0.383 e. The fraction of sp³-hybridized carbons (Fsp3) is 1.00. The minimum Gasteiger partial charge on any atom is -0.383 e. The van der Waals surface area contributed by atoms with Crippen LogP contribution in [-0.4, -0.2) is 82.4 Å². The van der Waals surface area contributed by atoms with Crippen molar-refractivity contribution in [3.63, 3.8) is 0 Å². The summed E-state index contributed by atoms with van der Waals surface area (Å²) >= 11 is 0. The zero-order valence-corrected chi connectivity index (χ0v) is 13.1. The van der Waals surface area contributed by atoms with Gasteiger partial charge in [-0.2, -0.15) is 4.31 Å². The summed E-state index contributed by atoms with van der Waals surface area (Å²) in [6, 6.07) is -0.0248. The summed E-state index contributed by atoms with van der Waals surface area (Å²) in [6.45, 7) is 9.01. The second-order valence-electron chi connectivity index (χ2n) is 5.10. The zero-order valence-electron chi connectivity index (χ0n) is 12.3. The lowest BCUT2D eigenvalue weighted by Crippen LogP contribution is -2.47. The standard InChI is InChI=1S/C12H27N3O3S/c1-12(2)15(8-10-18-3)19(16,17)11-9-14-6-4-13-5-7-14/h12-13H,4-11H2,1-3H3. The summed E-state index contributed by atoms with van der Waals surface area (Å²) < 4.78 is 31.2. The molecule has 19 heavy (non-hydrogen) atoms. The summed E-state index contributed by atoms with van der Waals surface area (Å²) in [6.07, 6.45) is 0. The maximum atomic E-state index is 12.3. The Labute approximate surface area is 117 Å².